The van der Waals surface area contributed by atoms with Crippen molar-refractivity contribution in [1.29, 1.82) is 0 Å². The van der Waals surface area contributed by atoms with Crippen LogP contribution in [-0.4, -0.2) is 30.1 Å². The average molecular weight is 264 g/mol. The molecule has 0 saturated carbocycles. The van der Waals surface area contributed by atoms with E-state index >= 15 is 0 Å². The van der Waals surface area contributed by atoms with Gasteiger partial charge in [0.25, 0.3) is 5.91 Å². The van der Waals surface area contributed by atoms with Crippen molar-refractivity contribution < 1.29 is 14.7 Å². The summed E-state index contributed by atoms with van der Waals surface area (Å²) in [7, 11) is 0. The first-order chi connectivity index (χ1) is 9.04. The molecule has 0 spiro atoms. The largest absolute Gasteiger partial charge is 0.396 e. The van der Waals surface area contributed by atoms with Crippen molar-refractivity contribution in [3.8, 4) is 0 Å². The van der Waals surface area contributed by atoms with Gasteiger partial charge in [-0.25, -0.2) is 0 Å². The molecule has 2 amide bonds. The van der Waals surface area contributed by atoms with Crippen molar-refractivity contribution in [1.82, 2.24) is 5.32 Å². The van der Waals surface area contributed by atoms with E-state index in [4.69, 9.17) is 10.8 Å². The standard InChI is InChI=1S/C14H20N2O3/c1-10(9-17)3-2-8-16-14(19)12-6-4-11(5-7-12)13(15)18/h4-7,10,17H,2-3,8-9H2,1H3,(H2,15,18)(H,16,19). The Kier molecular flexibility index (Phi) is 6.02. The molecule has 1 atom stereocenters. The van der Waals surface area contributed by atoms with Crippen LogP contribution in [0.2, 0.25) is 0 Å². The Labute approximate surface area is 112 Å². The van der Waals surface area contributed by atoms with Gasteiger partial charge in [0.15, 0.2) is 0 Å². The number of amides is 2. The van der Waals surface area contributed by atoms with Gasteiger partial charge in [-0.15, -0.1) is 0 Å². The monoisotopic (exact) mass is 264 g/mol. The number of aliphatic hydroxyl groups is 1. The molecule has 0 radical (unpaired) electrons. The maximum absolute atomic E-state index is 11.8. The second-order valence-electron chi connectivity index (χ2n) is 4.63. The number of primary amides is 1. The SMILES string of the molecule is CC(CO)CCCNC(=O)c1ccc(C(N)=O)cc1. The van der Waals surface area contributed by atoms with Gasteiger partial charge in [-0.3, -0.25) is 9.59 Å². The fraction of sp³-hybridized carbons (Fsp3) is 0.429. The van der Waals surface area contributed by atoms with Crippen molar-refractivity contribution in [2.24, 2.45) is 11.7 Å². The molecule has 0 saturated heterocycles. The third-order valence-electron chi connectivity index (χ3n) is 2.90. The van der Waals surface area contributed by atoms with Crippen LogP contribution < -0.4 is 11.1 Å². The van der Waals surface area contributed by atoms with Crippen LogP contribution in [0.5, 0.6) is 0 Å². The van der Waals surface area contributed by atoms with E-state index < -0.39 is 5.91 Å². The maximum Gasteiger partial charge on any atom is 0.251 e. The van der Waals surface area contributed by atoms with Crippen LogP contribution in [-0.2, 0) is 0 Å². The van der Waals surface area contributed by atoms with Crippen molar-refractivity contribution in [2.75, 3.05) is 13.2 Å². The minimum atomic E-state index is -0.509. The highest BCUT2D eigenvalue weighted by Gasteiger charge is 2.06. The Balaban J connectivity index is 2.39. The molecule has 0 heterocycles. The second kappa shape index (κ2) is 7.53. The topological polar surface area (TPSA) is 92.4 Å². The minimum absolute atomic E-state index is 0.169. The van der Waals surface area contributed by atoms with Gasteiger partial charge in [0.2, 0.25) is 5.91 Å². The zero-order chi connectivity index (χ0) is 14.3. The van der Waals surface area contributed by atoms with Gasteiger partial charge >= 0.3 is 0 Å². The van der Waals surface area contributed by atoms with E-state index in [0.29, 0.717) is 17.7 Å². The minimum Gasteiger partial charge on any atom is -0.396 e. The van der Waals surface area contributed by atoms with E-state index in [1.54, 1.807) is 12.1 Å². The first-order valence-electron chi connectivity index (χ1n) is 6.33. The first kappa shape index (κ1) is 15.2. The lowest BCUT2D eigenvalue weighted by atomic mass is 10.1. The van der Waals surface area contributed by atoms with Gasteiger partial charge in [0.05, 0.1) is 0 Å². The normalized spacial score (nSPS) is 11.9. The predicted molar refractivity (Wildman–Crippen MR) is 72.8 cm³/mol. The van der Waals surface area contributed by atoms with E-state index in [2.05, 4.69) is 5.32 Å². The number of aliphatic hydroxyl groups excluding tert-OH is 1. The highest BCUT2D eigenvalue weighted by atomic mass is 16.3. The number of hydrogen-bond donors (Lipinski definition) is 3. The molecule has 19 heavy (non-hydrogen) atoms. The lowest BCUT2D eigenvalue weighted by Gasteiger charge is -2.08. The summed E-state index contributed by atoms with van der Waals surface area (Å²) < 4.78 is 0. The molecule has 0 aliphatic rings. The lowest BCUT2D eigenvalue weighted by Crippen LogP contribution is -2.25. The van der Waals surface area contributed by atoms with Gasteiger partial charge in [0, 0.05) is 24.3 Å². The highest BCUT2D eigenvalue weighted by Crippen LogP contribution is 2.05. The molecule has 1 aromatic carbocycles. The van der Waals surface area contributed by atoms with Gasteiger partial charge in [-0.1, -0.05) is 6.92 Å². The summed E-state index contributed by atoms with van der Waals surface area (Å²) in [4.78, 5) is 22.6. The van der Waals surface area contributed by atoms with Crippen LogP contribution in [0.1, 0.15) is 40.5 Å². The molecule has 1 aromatic rings. The summed E-state index contributed by atoms with van der Waals surface area (Å²) in [6.45, 7) is 2.70. The molecule has 5 heteroatoms. The fourth-order valence-electron chi connectivity index (χ4n) is 1.63. The maximum atomic E-state index is 11.8. The van der Waals surface area contributed by atoms with Crippen molar-refractivity contribution >= 4 is 11.8 Å². The zero-order valence-corrected chi connectivity index (χ0v) is 11.1. The number of carbonyl (C=O) groups is 2. The molecule has 1 unspecified atom stereocenters. The Morgan fingerprint density at radius 2 is 1.84 bits per heavy atom. The van der Waals surface area contributed by atoms with Crippen molar-refractivity contribution in [3.63, 3.8) is 0 Å². The summed E-state index contributed by atoms with van der Waals surface area (Å²) in [6.07, 6.45) is 1.70. The Morgan fingerprint density at radius 3 is 2.37 bits per heavy atom. The number of carbonyl (C=O) groups excluding carboxylic acids is 2. The van der Waals surface area contributed by atoms with Gasteiger partial charge in [0.1, 0.15) is 0 Å². The molecule has 104 valence electrons. The highest BCUT2D eigenvalue weighted by molar-refractivity contribution is 5.97. The Hall–Kier alpha value is -1.88. The first-order valence-corrected chi connectivity index (χ1v) is 6.33. The quantitative estimate of drug-likeness (QED) is 0.639. The number of benzene rings is 1. The smallest absolute Gasteiger partial charge is 0.251 e. The second-order valence-corrected chi connectivity index (χ2v) is 4.63. The van der Waals surface area contributed by atoms with E-state index in [9.17, 15) is 9.59 Å². The molecule has 0 fully saturated rings. The molecule has 0 aromatic heterocycles. The zero-order valence-electron chi connectivity index (χ0n) is 11.1. The predicted octanol–water partition coefficient (Wildman–Crippen LogP) is 0.924. The summed E-state index contributed by atoms with van der Waals surface area (Å²) in [5.41, 5.74) is 6.00. The van der Waals surface area contributed by atoms with Gasteiger partial charge in [-0.05, 0) is 43.0 Å². The molecular weight excluding hydrogens is 244 g/mol. The molecule has 4 N–H and O–H groups in total. The van der Waals surface area contributed by atoms with Crippen LogP contribution in [0.3, 0.4) is 0 Å². The summed E-state index contributed by atoms with van der Waals surface area (Å²) in [5, 5.41) is 11.7. The van der Waals surface area contributed by atoms with Crippen LogP contribution in [0.4, 0.5) is 0 Å². The molecular formula is C14H20N2O3. The molecule has 5 nitrogen and oxygen atoms in total. The molecule has 1 rings (SSSR count). The van der Waals surface area contributed by atoms with Crippen LogP contribution in [0.25, 0.3) is 0 Å². The van der Waals surface area contributed by atoms with E-state index in [0.717, 1.165) is 12.8 Å². The number of rotatable bonds is 7. The van der Waals surface area contributed by atoms with Crippen molar-refractivity contribution in [2.45, 2.75) is 19.8 Å². The Bertz CT molecular complexity index is 429. The van der Waals surface area contributed by atoms with Gasteiger partial charge < -0.3 is 16.2 Å². The van der Waals surface area contributed by atoms with Crippen LogP contribution >= 0.6 is 0 Å². The molecule has 0 bridgehead atoms. The van der Waals surface area contributed by atoms with E-state index in [1.165, 1.54) is 12.1 Å². The summed E-state index contributed by atoms with van der Waals surface area (Å²) >= 11 is 0. The molecule has 0 aliphatic heterocycles. The van der Waals surface area contributed by atoms with Crippen LogP contribution in [0, 0.1) is 5.92 Å². The van der Waals surface area contributed by atoms with Crippen molar-refractivity contribution in [3.05, 3.63) is 35.4 Å². The van der Waals surface area contributed by atoms with Gasteiger partial charge in [-0.2, -0.15) is 0 Å². The van der Waals surface area contributed by atoms with E-state index in [1.807, 2.05) is 6.92 Å². The Morgan fingerprint density at radius 1 is 1.26 bits per heavy atom. The number of nitrogens with two attached hydrogens (primary N) is 1. The third kappa shape index (κ3) is 5.09. The molecule has 0 aliphatic carbocycles. The fourth-order valence-corrected chi connectivity index (χ4v) is 1.63. The third-order valence-corrected chi connectivity index (χ3v) is 2.90. The van der Waals surface area contributed by atoms with Crippen LogP contribution in [0.15, 0.2) is 24.3 Å². The van der Waals surface area contributed by atoms with E-state index in [-0.39, 0.29) is 18.4 Å². The average Bonchev–Trinajstić information content (AvgIpc) is 2.43. The summed E-state index contributed by atoms with van der Waals surface area (Å²) in [6, 6.07) is 6.22. The number of nitrogens with one attached hydrogen (secondary N) is 1. The number of hydrogen-bond acceptors (Lipinski definition) is 3. The summed E-state index contributed by atoms with van der Waals surface area (Å²) in [5.74, 6) is -0.427. The lowest BCUT2D eigenvalue weighted by molar-refractivity contribution is 0.0949.